The molecular formula is C15H8N2O7. The fourth-order valence-corrected chi connectivity index (χ4v) is 2.90. The van der Waals surface area contributed by atoms with Gasteiger partial charge in [0.1, 0.15) is 5.56 Å². The number of nitro benzene ring substituents is 2. The van der Waals surface area contributed by atoms with Crippen molar-refractivity contribution in [2.24, 2.45) is 0 Å². The molecule has 9 heteroatoms. The third kappa shape index (κ3) is 1.95. The number of aromatic carboxylic acids is 1. The van der Waals surface area contributed by atoms with Crippen LogP contribution in [0.3, 0.4) is 0 Å². The summed E-state index contributed by atoms with van der Waals surface area (Å²) in [4.78, 5) is 44.7. The van der Waals surface area contributed by atoms with Crippen molar-refractivity contribution in [2.45, 2.75) is 6.92 Å². The first kappa shape index (κ1) is 15.3. The number of aryl methyl sites for hydroxylation is 1. The maximum atomic E-state index is 12.6. The number of hydrogen-bond donors (Lipinski definition) is 1. The summed E-state index contributed by atoms with van der Waals surface area (Å²) in [6.45, 7) is 1.37. The van der Waals surface area contributed by atoms with Crippen LogP contribution in [-0.2, 0) is 0 Å². The summed E-state index contributed by atoms with van der Waals surface area (Å²) in [7, 11) is 0. The van der Waals surface area contributed by atoms with Crippen molar-refractivity contribution in [3.63, 3.8) is 0 Å². The van der Waals surface area contributed by atoms with Crippen LogP contribution in [0.25, 0.3) is 11.1 Å². The maximum Gasteiger partial charge on any atom is 0.343 e. The van der Waals surface area contributed by atoms with Crippen molar-refractivity contribution in [1.29, 1.82) is 0 Å². The average Bonchev–Trinajstić information content (AvgIpc) is 2.77. The number of hydrogen-bond acceptors (Lipinski definition) is 6. The summed E-state index contributed by atoms with van der Waals surface area (Å²) >= 11 is 0. The number of rotatable bonds is 3. The van der Waals surface area contributed by atoms with Gasteiger partial charge >= 0.3 is 5.97 Å². The molecule has 24 heavy (non-hydrogen) atoms. The van der Waals surface area contributed by atoms with E-state index in [9.17, 15) is 34.9 Å². The molecule has 0 saturated carbocycles. The Morgan fingerprint density at radius 3 is 2.25 bits per heavy atom. The topological polar surface area (TPSA) is 141 Å². The second kappa shape index (κ2) is 4.95. The molecule has 1 N–H and O–H groups in total. The summed E-state index contributed by atoms with van der Waals surface area (Å²) in [5.41, 5.74) is -1.38. The third-order valence-electron chi connectivity index (χ3n) is 3.86. The van der Waals surface area contributed by atoms with Crippen LogP contribution in [0.15, 0.2) is 24.3 Å². The molecule has 0 aliphatic heterocycles. The molecule has 0 atom stereocenters. The van der Waals surface area contributed by atoms with E-state index in [1.54, 1.807) is 0 Å². The van der Waals surface area contributed by atoms with Crippen molar-refractivity contribution in [3.8, 4) is 11.1 Å². The Kier molecular flexibility index (Phi) is 3.15. The van der Waals surface area contributed by atoms with Crippen LogP contribution < -0.4 is 0 Å². The lowest BCUT2D eigenvalue weighted by Crippen LogP contribution is -2.11. The van der Waals surface area contributed by atoms with Gasteiger partial charge < -0.3 is 5.11 Å². The van der Waals surface area contributed by atoms with E-state index in [0.717, 1.165) is 6.07 Å². The largest absolute Gasteiger partial charge is 0.477 e. The first-order valence-electron chi connectivity index (χ1n) is 6.62. The van der Waals surface area contributed by atoms with Gasteiger partial charge in [0.15, 0.2) is 5.78 Å². The molecule has 0 amide bonds. The Morgan fingerprint density at radius 1 is 1.04 bits per heavy atom. The van der Waals surface area contributed by atoms with Crippen molar-refractivity contribution in [3.05, 3.63) is 66.7 Å². The van der Waals surface area contributed by atoms with Gasteiger partial charge in [0.25, 0.3) is 11.4 Å². The van der Waals surface area contributed by atoms with Crippen molar-refractivity contribution >= 4 is 23.1 Å². The first-order chi connectivity index (χ1) is 11.2. The molecule has 1 aliphatic carbocycles. The van der Waals surface area contributed by atoms with Gasteiger partial charge in [-0.05, 0) is 30.2 Å². The predicted octanol–water partition coefficient (Wildman–Crippen LogP) is 2.72. The molecule has 0 heterocycles. The SMILES string of the molecule is Cc1cc2c(c(C(=O)O)c1[N+](=O)[O-])C(=O)c1cc([N+](=O)[O-])ccc1-2. The Morgan fingerprint density at radius 2 is 1.71 bits per heavy atom. The molecule has 0 radical (unpaired) electrons. The third-order valence-corrected chi connectivity index (χ3v) is 3.86. The van der Waals surface area contributed by atoms with Crippen LogP contribution in [0.1, 0.15) is 31.8 Å². The first-order valence-corrected chi connectivity index (χ1v) is 6.62. The van der Waals surface area contributed by atoms with E-state index in [1.807, 2.05) is 0 Å². The Balaban J connectivity index is 2.40. The molecule has 3 rings (SSSR count). The van der Waals surface area contributed by atoms with Gasteiger partial charge in [-0.1, -0.05) is 0 Å². The fraction of sp³-hybridized carbons (Fsp3) is 0.0667. The zero-order valence-electron chi connectivity index (χ0n) is 12.1. The molecule has 2 aromatic rings. The lowest BCUT2D eigenvalue weighted by atomic mass is 9.95. The van der Waals surface area contributed by atoms with E-state index < -0.39 is 32.9 Å². The van der Waals surface area contributed by atoms with Crippen molar-refractivity contribution in [2.75, 3.05) is 0 Å². The van der Waals surface area contributed by atoms with Crippen LogP contribution in [-0.4, -0.2) is 26.7 Å². The molecule has 0 saturated heterocycles. The molecule has 0 aromatic heterocycles. The average molecular weight is 328 g/mol. The van der Waals surface area contributed by atoms with E-state index in [-0.39, 0.29) is 27.9 Å². The zero-order valence-corrected chi connectivity index (χ0v) is 12.1. The number of carbonyl (C=O) groups excluding carboxylic acids is 1. The molecule has 1 aliphatic rings. The maximum absolute atomic E-state index is 12.6. The number of carboxylic acid groups (broad SMARTS) is 1. The lowest BCUT2D eigenvalue weighted by molar-refractivity contribution is -0.385. The summed E-state index contributed by atoms with van der Waals surface area (Å²) in [5, 5.41) is 31.5. The van der Waals surface area contributed by atoms with Gasteiger partial charge in [-0.2, -0.15) is 0 Å². The normalized spacial score (nSPS) is 11.8. The summed E-state index contributed by atoms with van der Waals surface area (Å²) < 4.78 is 0. The Hall–Kier alpha value is -3.62. The minimum atomic E-state index is -1.60. The molecule has 2 aromatic carbocycles. The Bertz CT molecular complexity index is 978. The Labute approximate surface area is 133 Å². The molecule has 0 spiro atoms. The predicted molar refractivity (Wildman–Crippen MR) is 80.3 cm³/mol. The molecule has 120 valence electrons. The summed E-state index contributed by atoms with van der Waals surface area (Å²) in [5.74, 6) is -2.37. The minimum Gasteiger partial charge on any atom is -0.477 e. The van der Waals surface area contributed by atoms with Crippen LogP contribution in [0.2, 0.25) is 0 Å². The van der Waals surface area contributed by atoms with Gasteiger partial charge in [-0.25, -0.2) is 4.79 Å². The van der Waals surface area contributed by atoms with Crippen molar-refractivity contribution < 1.29 is 24.5 Å². The number of carbonyl (C=O) groups is 2. The minimum absolute atomic E-state index is 0.0402. The molecule has 0 fully saturated rings. The van der Waals surface area contributed by atoms with E-state index in [0.29, 0.717) is 5.56 Å². The highest BCUT2D eigenvalue weighted by Crippen LogP contribution is 2.43. The van der Waals surface area contributed by atoms with E-state index in [2.05, 4.69) is 0 Å². The van der Waals surface area contributed by atoms with E-state index in [1.165, 1.54) is 25.1 Å². The fourth-order valence-electron chi connectivity index (χ4n) is 2.90. The number of fused-ring (bicyclic) bond motifs is 3. The number of benzene rings is 2. The van der Waals surface area contributed by atoms with Crippen LogP contribution in [0.4, 0.5) is 11.4 Å². The van der Waals surface area contributed by atoms with Gasteiger partial charge in [0.2, 0.25) is 0 Å². The van der Waals surface area contributed by atoms with Gasteiger partial charge in [-0.3, -0.25) is 25.0 Å². The van der Waals surface area contributed by atoms with Crippen LogP contribution in [0, 0.1) is 27.2 Å². The van der Waals surface area contributed by atoms with Gasteiger partial charge in [0.05, 0.1) is 15.4 Å². The second-order valence-electron chi connectivity index (χ2n) is 5.22. The molecule has 0 unspecified atom stereocenters. The molecule has 0 bridgehead atoms. The lowest BCUT2D eigenvalue weighted by Gasteiger charge is -2.07. The van der Waals surface area contributed by atoms with Gasteiger partial charge in [-0.15, -0.1) is 0 Å². The summed E-state index contributed by atoms with van der Waals surface area (Å²) in [6.07, 6.45) is 0. The number of non-ortho nitro benzene ring substituents is 1. The van der Waals surface area contributed by atoms with Crippen molar-refractivity contribution in [1.82, 2.24) is 0 Å². The second-order valence-corrected chi connectivity index (χ2v) is 5.22. The standard InChI is InChI=1S/C15H8N2O7/c1-6-4-9-8-3-2-7(16(21)22)5-10(8)14(18)11(9)12(15(19)20)13(6)17(23)24/h2-5H,1H3,(H,19,20). The smallest absolute Gasteiger partial charge is 0.343 e. The van der Waals surface area contributed by atoms with E-state index >= 15 is 0 Å². The van der Waals surface area contributed by atoms with Crippen LogP contribution >= 0.6 is 0 Å². The molecular weight excluding hydrogens is 320 g/mol. The van der Waals surface area contributed by atoms with Crippen LogP contribution in [0.5, 0.6) is 0 Å². The van der Waals surface area contributed by atoms with Gasteiger partial charge in [0, 0.05) is 23.3 Å². The quantitative estimate of drug-likeness (QED) is 0.575. The highest BCUT2D eigenvalue weighted by atomic mass is 16.6. The number of ketones is 1. The number of carboxylic acids is 1. The number of nitro groups is 2. The molecule has 9 nitrogen and oxygen atoms in total. The highest BCUT2D eigenvalue weighted by molar-refractivity contribution is 6.26. The monoisotopic (exact) mass is 328 g/mol. The van der Waals surface area contributed by atoms with E-state index in [4.69, 9.17) is 0 Å². The number of nitrogens with zero attached hydrogens (tertiary/aromatic N) is 2. The highest BCUT2D eigenvalue weighted by Gasteiger charge is 2.38. The summed E-state index contributed by atoms with van der Waals surface area (Å²) in [6, 6.07) is 4.94. The zero-order chi connectivity index (χ0) is 17.8.